The number of benzene rings is 1. The summed E-state index contributed by atoms with van der Waals surface area (Å²) >= 11 is 0. The number of carbonyl (C=O) groups is 1. The predicted molar refractivity (Wildman–Crippen MR) is 64.2 cm³/mol. The lowest BCUT2D eigenvalue weighted by Crippen LogP contribution is -2.56. The number of halogens is 1. The highest BCUT2D eigenvalue weighted by Gasteiger charge is 2.40. The Morgan fingerprint density at radius 2 is 2.00 bits per heavy atom. The molecular formula is C12H12FNO3S. The molecule has 1 heterocycles. The van der Waals surface area contributed by atoms with E-state index in [0.717, 1.165) is 12.1 Å². The van der Waals surface area contributed by atoms with Crippen LogP contribution in [0, 0.1) is 5.82 Å². The first-order valence-electron chi connectivity index (χ1n) is 5.36. The molecule has 0 saturated carbocycles. The van der Waals surface area contributed by atoms with Gasteiger partial charge in [0.25, 0.3) is 0 Å². The number of rotatable bonds is 3. The molecule has 96 valence electrons. The Morgan fingerprint density at radius 1 is 1.39 bits per heavy atom. The number of amides is 1. The van der Waals surface area contributed by atoms with Gasteiger partial charge in [-0.25, -0.2) is 12.8 Å². The Morgan fingerprint density at radius 3 is 2.56 bits per heavy atom. The second kappa shape index (κ2) is 4.53. The van der Waals surface area contributed by atoms with Gasteiger partial charge in [0.15, 0.2) is 9.84 Å². The van der Waals surface area contributed by atoms with Crippen molar-refractivity contribution < 1.29 is 17.6 Å². The summed E-state index contributed by atoms with van der Waals surface area (Å²) in [5, 5.41) is -0.738. The average molecular weight is 269 g/mol. The molecule has 1 aromatic rings. The Labute approximate surface area is 105 Å². The molecule has 1 fully saturated rings. The SMILES string of the molecule is C=CC(=O)N1CC(S(=O)(=O)c2ccccc2F)C1. The average Bonchev–Trinajstić information content (AvgIpc) is 2.26. The van der Waals surface area contributed by atoms with Gasteiger partial charge in [0.05, 0.1) is 0 Å². The summed E-state index contributed by atoms with van der Waals surface area (Å²) in [6, 6.07) is 5.25. The van der Waals surface area contributed by atoms with Gasteiger partial charge in [0.1, 0.15) is 16.0 Å². The molecule has 6 heteroatoms. The summed E-state index contributed by atoms with van der Waals surface area (Å²) in [7, 11) is -3.71. The van der Waals surface area contributed by atoms with Crippen LogP contribution in [0.4, 0.5) is 4.39 Å². The van der Waals surface area contributed by atoms with Gasteiger partial charge in [0, 0.05) is 13.1 Å². The molecule has 1 aliphatic rings. The minimum atomic E-state index is -3.71. The van der Waals surface area contributed by atoms with E-state index in [1.54, 1.807) is 0 Å². The molecule has 0 radical (unpaired) electrons. The lowest BCUT2D eigenvalue weighted by atomic mass is 10.2. The van der Waals surface area contributed by atoms with E-state index >= 15 is 0 Å². The van der Waals surface area contributed by atoms with Crippen molar-refractivity contribution in [3.8, 4) is 0 Å². The summed E-state index contributed by atoms with van der Waals surface area (Å²) in [5.74, 6) is -1.07. The van der Waals surface area contributed by atoms with Crippen LogP contribution in [0.1, 0.15) is 0 Å². The zero-order chi connectivity index (χ0) is 13.3. The number of hydrogen-bond acceptors (Lipinski definition) is 3. The van der Waals surface area contributed by atoms with Crippen molar-refractivity contribution in [1.29, 1.82) is 0 Å². The third-order valence-corrected chi connectivity index (χ3v) is 5.04. The first kappa shape index (κ1) is 12.8. The minimum absolute atomic E-state index is 0.0848. The lowest BCUT2D eigenvalue weighted by Gasteiger charge is -2.37. The van der Waals surface area contributed by atoms with Crippen molar-refractivity contribution in [2.24, 2.45) is 0 Å². The van der Waals surface area contributed by atoms with Gasteiger partial charge >= 0.3 is 0 Å². The van der Waals surface area contributed by atoms with E-state index in [9.17, 15) is 17.6 Å². The van der Waals surface area contributed by atoms with E-state index < -0.39 is 20.9 Å². The second-order valence-electron chi connectivity index (χ2n) is 4.04. The molecule has 1 saturated heterocycles. The Kier molecular flexibility index (Phi) is 3.21. The second-order valence-corrected chi connectivity index (χ2v) is 6.24. The summed E-state index contributed by atoms with van der Waals surface area (Å²) < 4.78 is 37.6. The minimum Gasteiger partial charge on any atom is -0.336 e. The highest BCUT2D eigenvalue weighted by Crippen LogP contribution is 2.25. The lowest BCUT2D eigenvalue weighted by molar-refractivity contribution is -0.128. The highest BCUT2D eigenvalue weighted by atomic mass is 32.2. The fourth-order valence-electron chi connectivity index (χ4n) is 1.80. The van der Waals surface area contributed by atoms with Crippen LogP contribution < -0.4 is 0 Å². The Balaban J connectivity index is 2.18. The van der Waals surface area contributed by atoms with Crippen LogP contribution >= 0.6 is 0 Å². The van der Waals surface area contributed by atoms with E-state index in [4.69, 9.17) is 0 Å². The molecule has 4 nitrogen and oxygen atoms in total. The standard InChI is InChI=1S/C12H12FNO3S/c1-2-12(15)14-7-9(8-14)18(16,17)11-6-4-3-5-10(11)13/h2-6,9H,1,7-8H2. The van der Waals surface area contributed by atoms with Crippen LogP contribution in [-0.2, 0) is 14.6 Å². The van der Waals surface area contributed by atoms with Gasteiger partial charge in [-0.1, -0.05) is 18.7 Å². The van der Waals surface area contributed by atoms with Crippen LogP contribution in [0.5, 0.6) is 0 Å². The van der Waals surface area contributed by atoms with Crippen molar-refractivity contribution in [3.63, 3.8) is 0 Å². The van der Waals surface area contributed by atoms with E-state index in [2.05, 4.69) is 6.58 Å². The van der Waals surface area contributed by atoms with Crippen LogP contribution in [0.25, 0.3) is 0 Å². The highest BCUT2D eigenvalue weighted by molar-refractivity contribution is 7.92. The number of hydrogen-bond donors (Lipinski definition) is 0. The molecule has 1 aromatic carbocycles. The van der Waals surface area contributed by atoms with Crippen molar-refractivity contribution in [1.82, 2.24) is 4.90 Å². The van der Waals surface area contributed by atoms with Gasteiger partial charge in [-0.15, -0.1) is 0 Å². The maximum absolute atomic E-state index is 13.5. The van der Waals surface area contributed by atoms with E-state index in [1.165, 1.54) is 23.1 Å². The maximum Gasteiger partial charge on any atom is 0.246 e. The Hall–Kier alpha value is -1.69. The van der Waals surface area contributed by atoms with Crippen molar-refractivity contribution in [2.75, 3.05) is 13.1 Å². The maximum atomic E-state index is 13.5. The zero-order valence-electron chi connectivity index (χ0n) is 9.54. The third-order valence-electron chi connectivity index (χ3n) is 2.92. The summed E-state index contributed by atoms with van der Waals surface area (Å²) in [5.41, 5.74) is 0. The van der Waals surface area contributed by atoms with Crippen LogP contribution in [0.3, 0.4) is 0 Å². The topological polar surface area (TPSA) is 54.5 Å². The molecule has 0 N–H and O–H groups in total. The normalized spacial score (nSPS) is 16.2. The van der Waals surface area contributed by atoms with E-state index in [-0.39, 0.29) is 23.9 Å². The summed E-state index contributed by atoms with van der Waals surface area (Å²) in [4.78, 5) is 12.3. The van der Waals surface area contributed by atoms with Crippen molar-refractivity contribution in [3.05, 3.63) is 42.7 Å². The summed E-state index contributed by atoms with van der Waals surface area (Å²) in [6.07, 6.45) is 1.13. The molecule has 2 rings (SSSR count). The number of sulfone groups is 1. The molecule has 1 amide bonds. The third kappa shape index (κ3) is 2.03. The van der Waals surface area contributed by atoms with Gasteiger partial charge in [0.2, 0.25) is 5.91 Å². The first-order valence-corrected chi connectivity index (χ1v) is 6.91. The smallest absolute Gasteiger partial charge is 0.246 e. The van der Waals surface area contributed by atoms with Gasteiger partial charge in [-0.3, -0.25) is 4.79 Å². The molecule has 0 atom stereocenters. The number of likely N-dealkylation sites (tertiary alicyclic amines) is 1. The quantitative estimate of drug-likeness (QED) is 0.769. The van der Waals surface area contributed by atoms with Crippen molar-refractivity contribution >= 4 is 15.7 Å². The van der Waals surface area contributed by atoms with Gasteiger partial charge in [-0.05, 0) is 18.2 Å². The molecule has 0 unspecified atom stereocenters. The molecule has 1 aliphatic heterocycles. The van der Waals surface area contributed by atoms with E-state index in [0.29, 0.717) is 0 Å². The van der Waals surface area contributed by atoms with Crippen LogP contribution in [-0.4, -0.2) is 37.6 Å². The fourth-order valence-corrected chi connectivity index (χ4v) is 3.52. The van der Waals surface area contributed by atoms with Gasteiger partial charge < -0.3 is 4.90 Å². The largest absolute Gasteiger partial charge is 0.336 e. The Bertz CT molecular complexity index is 591. The van der Waals surface area contributed by atoms with Crippen molar-refractivity contribution in [2.45, 2.75) is 10.1 Å². The summed E-state index contributed by atoms with van der Waals surface area (Å²) in [6.45, 7) is 3.49. The van der Waals surface area contributed by atoms with Crippen LogP contribution in [0.2, 0.25) is 0 Å². The molecular weight excluding hydrogens is 257 g/mol. The van der Waals surface area contributed by atoms with Crippen LogP contribution in [0.15, 0.2) is 41.8 Å². The molecule has 0 bridgehead atoms. The molecule has 18 heavy (non-hydrogen) atoms. The number of nitrogens with zero attached hydrogens (tertiary/aromatic N) is 1. The molecule has 0 aromatic heterocycles. The monoisotopic (exact) mass is 269 g/mol. The first-order chi connectivity index (χ1) is 8.46. The zero-order valence-corrected chi connectivity index (χ0v) is 10.4. The molecule has 0 spiro atoms. The predicted octanol–water partition coefficient (Wildman–Crippen LogP) is 0.996. The number of carbonyl (C=O) groups excluding carboxylic acids is 1. The van der Waals surface area contributed by atoms with E-state index in [1.807, 2.05) is 0 Å². The fraction of sp³-hybridized carbons (Fsp3) is 0.250. The molecule has 0 aliphatic carbocycles. The van der Waals surface area contributed by atoms with Gasteiger partial charge in [-0.2, -0.15) is 0 Å².